The summed E-state index contributed by atoms with van der Waals surface area (Å²) in [5.41, 5.74) is 7.73. The van der Waals surface area contributed by atoms with E-state index >= 15 is 0 Å². The van der Waals surface area contributed by atoms with Crippen molar-refractivity contribution in [1.82, 2.24) is 0 Å². The second-order valence-corrected chi connectivity index (χ2v) is 6.26. The van der Waals surface area contributed by atoms with E-state index in [9.17, 15) is 0 Å². The third-order valence-corrected chi connectivity index (χ3v) is 4.76. The smallest absolute Gasteiger partial charge is 0.133 e. The summed E-state index contributed by atoms with van der Waals surface area (Å²) in [5, 5.41) is 0. The molecule has 0 atom stereocenters. The van der Waals surface area contributed by atoms with Gasteiger partial charge in [0.05, 0.1) is 11.6 Å². The Hall–Kier alpha value is -0.540. The van der Waals surface area contributed by atoms with Crippen LogP contribution in [-0.4, -0.2) is 13.7 Å². The molecule has 0 heterocycles. The van der Waals surface area contributed by atoms with Gasteiger partial charge in [-0.05, 0) is 64.8 Å². The van der Waals surface area contributed by atoms with Crippen LogP contribution in [0.3, 0.4) is 0 Å². The minimum absolute atomic E-state index is 0.326. The van der Waals surface area contributed by atoms with Crippen LogP contribution in [0.2, 0.25) is 0 Å². The zero-order chi connectivity index (χ0) is 13.0. The summed E-state index contributed by atoms with van der Waals surface area (Å²) in [4.78, 5) is 0. The second kappa shape index (κ2) is 6.07. The zero-order valence-corrected chi connectivity index (χ0v) is 12.6. The topological polar surface area (TPSA) is 35.2 Å². The molecule has 0 radical (unpaired) electrons. The fourth-order valence-electron chi connectivity index (χ4n) is 3.01. The fraction of sp³-hybridized carbons (Fsp3) is 0.600. The summed E-state index contributed by atoms with van der Waals surface area (Å²) in [6, 6.07) is 6.37. The van der Waals surface area contributed by atoms with Gasteiger partial charge in [-0.25, -0.2) is 0 Å². The van der Waals surface area contributed by atoms with Crippen LogP contribution in [-0.2, 0) is 6.42 Å². The van der Waals surface area contributed by atoms with E-state index in [0.717, 1.165) is 23.2 Å². The molecule has 2 nitrogen and oxygen atoms in total. The van der Waals surface area contributed by atoms with E-state index in [1.807, 2.05) is 6.07 Å². The molecule has 0 bridgehead atoms. The largest absolute Gasteiger partial charge is 0.496 e. The van der Waals surface area contributed by atoms with Crippen LogP contribution in [0.1, 0.15) is 37.7 Å². The number of methoxy groups -OCH3 is 1. The van der Waals surface area contributed by atoms with Gasteiger partial charge in [-0.3, -0.25) is 0 Å². The zero-order valence-electron chi connectivity index (χ0n) is 11.0. The number of benzene rings is 1. The highest BCUT2D eigenvalue weighted by Gasteiger charge is 2.30. The van der Waals surface area contributed by atoms with Crippen molar-refractivity contribution in [3.8, 4) is 5.75 Å². The highest BCUT2D eigenvalue weighted by molar-refractivity contribution is 9.10. The molecule has 1 aliphatic rings. The molecule has 1 fully saturated rings. The maximum Gasteiger partial charge on any atom is 0.133 e. The van der Waals surface area contributed by atoms with Crippen molar-refractivity contribution in [2.24, 2.45) is 11.1 Å². The molecule has 2 N–H and O–H groups in total. The Bertz CT molecular complexity index is 399. The molecule has 1 saturated carbocycles. The van der Waals surface area contributed by atoms with Crippen LogP contribution in [0.25, 0.3) is 0 Å². The van der Waals surface area contributed by atoms with E-state index in [-0.39, 0.29) is 0 Å². The number of ether oxygens (including phenoxy) is 1. The van der Waals surface area contributed by atoms with Crippen LogP contribution >= 0.6 is 15.9 Å². The first kappa shape index (κ1) is 13.9. The number of hydrogen-bond acceptors (Lipinski definition) is 2. The molecule has 3 heteroatoms. The summed E-state index contributed by atoms with van der Waals surface area (Å²) in [7, 11) is 1.70. The number of nitrogens with two attached hydrogens (primary N) is 1. The summed E-state index contributed by atoms with van der Waals surface area (Å²) in [6.07, 6.45) is 7.66. The summed E-state index contributed by atoms with van der Waals surface area (Å²) < 4.78 is 6.30. The van der Waals surface area contributed by atoms with Crippen molar-refractivity contribution >= 4 is 15.9 Å². The van der Waals surface area contributed by atoms with Crippen LogP contribution in [0.15, 0.2) is 22.7 Å². The van der Waals surface area contributed by atoms with E-state index in [2.05, 4.69) is 28.1 Å². The summed E-state index contributed by atoms with van der Waals surface area (Å²) >= 11 is 3.56. The molecule has 0 spiro atoms. The highest BCUT2D eigenvalue weighted by Crippen LogP contribution is 2.39. The average molecular weight is 312 g/mol. The number of halogens is 1. The van der Waals surface area contributed by atoms with Gasteiger partial charge < -0.3 is 10.5 Å². The predicted octanol–water partition coefficient (Wildman–Crippen LogP) is 3.91. The van der Waals surface area contributed by atoms with Gasteiger partial charge in [-0.15, -0.1) is 0 Å². The normalized spacial score (nSPS) is 18.6. The van der Waals surface area contributed by atoms with Crippen molar-refractivity contribution in [1.29, 1.82) is 0 Å². The van der Waals surface area contributed by atoms with Gasteiger partial charge in [0.25, 0.3) is 0 Å². The Kier molecular flexibility index (Phi) is 4.68. The van der Waals surface area contributed by atoms with E-state index in [0.29, 0.717) is 5.41 Å². The van der Waals surface area contributed by atoms with Gasteiger partial charge >= 0.3 is 0 Å². The first-order valence-electron chi connectivity index (χ1n) is 6.72. The molecule has 18 heavy (non-hydrogen) atoms. The maximum absolute atomic E-state index is 6.04. The van der Waals surface area contributed by atoms with E-state index in [4.69, 9.17) is 10.5 Å². The van der Waals surface area contributed by atoms with Gasteiger partial charge in [0.15, 0.2) is 0 Å². The lowest BCUT2D eigenvalue weighted by atomic mass is 9.70. The molecule has 2 rings (SSSR count). The van der Waals surface area contributed by atoms with Crippen molar-refractivity contribution in [2.45, 2.75) is 38.5 Å². The van der Waals surface area contributed by atoms with Crippen LogP contribution in [0.4, 0.5) is 0 Å². The lowest BCUT2D eigenvalue weighted by Crippen LogP contribution is -2.34. The van der Waals surface area contributed by atoms with Gasteiger partial charge in [0.1, 0.15) is 5.75 Å². The SMILES string of the molecule is COc1ccc(CC2(CN)CCCCC2)cc1Br. The minimum atomic E-state index is 0.326. The third kappa shape index (κ3) is 3.07. The summed E-state index contributed by atoms with van der Waals surface area (Å²) in [5.74, 6) is 0.893. The summed E-state index contributed by atoms with van der Waals surface area (Å²) in [6.45, 7) is 0.802. The van der Waals surface area contributed by atoms with Gasteiger partial charge in [0, 0.05) is 0 Å². The highest BCUT2D eigenvalue weighted by atomic mass is 79.9. The second-order valence-electron chi connectivity index (χ2n) is 5.41. The van der Waals surface area contributed by atoms with Crippen LogP contribution in [0.5, 0.6) is 5.75 Å². The lowest BCUT2D eigenvalue weighted by Gasteiger charge is -2.36. The Morgan fingerprint density at radius 3 is 2.56 bits per heavy atom. The maximum atomic E-state index is 6.04. The van der Waals surface area contributed by atoms with Crippen LogP contribution in [0, 0.1) is 5.41 Å². The monoisotopic (exact) mass is 311 g/mol. The molecule has 1 aliphatic carbocycles. The minimum Gasteiger partial charge on any atom is -0.496 e. The van der Waals surface area contributed by atoms with E-state index < -0.39 is 0 Å². The fourth-order valence-corrected chi connectivity index (χ4v) is 3.60. The lowest BCUT2D eigenvalue weighted by molar-refractivity contribution is 0.197. The first-order valence-corrected chi connectivity index (χ1v) is 7.51. The first-order chi connectivity index (χ1) is 8.69. The molecular formula is C15H22BrNO. The Morgan fingerprint density at radius 1 is 1.28 bits per heavy atom. The molecular weight excluding hydrogens is 290 g/mol. The standard InChI is InChI=1S/C15H22BrNO/c1-18-14-6-5-12(9-13(14)16)10-15(11-17)7-3-2-4-8-15/h5-6,9H,2-4,7-8,10-11,17H2,1H3. The molecule has 0 saturated heterocycles. The van der Waals surface area contributed by atoms with Crippen molar-refractivity contribution in [2.75, 3.05) is 13.7 Å². The molecule has 0 unspecified atom stereocenters. The molecule has 0 aromatic heterocycles. The van der Waals surface area contributed by atoms with Crippen LogP contribution < -0.4 is 10.5 Å². The Morgan fingerprint density at radius 2 is 2.00 bits per heavy atom. The third-order valence-electron chi connectivity index (χ3n) is 4.14. The van der Waals surface area contributed by atoms with Crippen molar-refractivity contribution in [3.05, 3.63) is 28.2 Å². The molecule has 1 aromatic carbocycles. The van der Waals surface area contributed by atoms with Gasteiger partial charge in [-0.2, -0.15) is 0 Å². The van der Waals surface area contributed by atoms with Gasteiger partial charge in [-0.1, -0.05) is 25.3 Å². The number of rotatable bonds is 4. The Balaban J connectivity index is 2.14. The van der Waals surface area contributed by atoms with E-state index in [1.165, 1.54) is 37.7 Å². The van der Waals surface area contributed by atoms with Gasteiger partial charge in [0.2, 0.25) is 0 Å². The van der Waals surface area contributed by atoms with Crippen molar-refractivity contribution in [3.63, 3.8) is 0 Å². The van der Waals surface area contributed by atoms with E-state index in [1.54, 1.807) is 7.11 Å². The van der Waals surface area contributed by atoms with Crippen molar-refractivity contribution < 1.29 is 4.74 Å². The molecule has 0 aliphatic heterocycles. The molecule has 0 amide bonds. The molecule has 100 valence electrons. The quantitative estimate of drug-likeness (QED) is 0.915. The average Bonchev–Trinajstić information content (AvgIpc) is 2.40. The predicted molar refractivity (Wildman–Crippen MR) is 79.0 cm³/mol. The molecule has 1 aromatic rings. The number of hydrogen-bond donors (Lipinski definition) is 1. The Labute approximate surface area is 118 Å².